The number of hydrogen-bond donors (Lipinski definition) is 1. The fourth-order valence-corrected chi connectivity index (χ4v) is 1.71. The van der Waals surface area contributed by atoms with Gasteiger partial charge in [0.25, 0.3) is 0 Å². The summed E-state index contributed by atoms with van der Waals surface area (Å²) in [6.07, 6.45) is 2.26. The number of primary amides is 1. The molecule has 13 heavy (non-hydrogen) atoms. The zero-order valence-electron chi connectivity index (χ0n) is 7.36. The molecule has 1 aliphatic rings. The maximum Gasteiger partial charge on any atom is 0.225 e. The Kier molecular flexibility index (Phi) is 2.05. The second-order valence-electron chi connectivity index (χ2n) is 3.55. The van der Waals surface area contributed by atoms with Crippen molar-refractivity contribution in [1.82, 2.24) is 0 Å². The Hall–Kier alpha value is -1.31. The number of carbonyl (C=O) groups excluding carboxylic acids is 1. The molecule has 0 saturated heterocycles. The normalized spacial score (nSPS) is 18.2. The maximum absolute atomic E-state index is 11.2. The molecule has 1 aromatic carbocycles. The number of carbonyl (C=O) groups is 1. The van der Waals surface area contributed by atoms with Crippen LogP contribution in [0, 0.1) is 12.0 Å². The van der Waals surface area contributed by atoms with E-state index in [0.717, 1.165) is 18.4 Å². The van der Waals surface area contributed by atoms with Crippen LogP contribution >= 0.6 is 0 Å². The van der Waals surface area contributed by atoms with Gasteiger partial charge in [0.1, 0.15) is 0 Å². The molecule has 1 unspecified atom stereocenters. The summed E-state index contributed by atoms with van der Waals surface area (Å²) in [5.41, 5.74) is 6.40. The molecule has 2 N–H and O–H groups in total. The van der Waals surface area contributed by atoms with Crippen molar-refractivity contribution in [3.05, 3.63) is 35.9 Å². The molecule has 2 rings (SSSR count). The van der Waals surface area contributed by atoms with Gasteiger partial charge in [-0.15, -0.1) is 0 Å². The van der Waals surface area contributed by atoms with Crippen LogP contribution in [0.15, 0.2) is 24.3 Å². The number of hydrogen-bond acceptors (Lipinski definition) is 1. The van der Waals surface area contributed by atoms with Gasteiger partial charge in [0.2, 0.25) is 5.91 Å². The van der Waals surface area contributed by atoms with Crippen LogP contribution in [0.3, 0.4) is 0 Å². The van der Waals surface area contributed by atoms with Gasteiger partial charge in [0.15, 0.2) is 0 Å². The largest absolute Gasteiger partial charge is 0.369 e. The molecular formula is C11H12NO. The lowest BCUT2D eigenvalue weighted by molar-refractivity contribution is -0.119. The van der Waals surface area contributed by atoms with Crippen molar-refractivity contribution in [2.45, 2.75) is 18.8 Å². The van der Waals surface area contributed by atoms with E-state index in [4.69, 9.17) is 5.73 Å². The minimum atomic E-state index is -0.200. The molecule has 1 atom stereocenters. The van der Waals surface area contributed by atoms with Crippen molar-refractivity contribution < 1.29 is 4.79 Å². The Labute approximate surface area is 77.8 Å². The lowest BCUT2D eigenvalue weighted by Crippen LogP contribution is -2.22. The third-order valence-corrected chi connectivity index (χ3v) is 2.50. The van der Waals surface area contributed by atoms with Crippen molar-refractivity contribution in [2.24, 2.45) is 11.7 Å². The second kappa shape index (κ2) is 3.21. The minimum Gasteiger partial charge on any atom is -0.369 e. The monoisotopic (exact) mass is 174 g/mol. The summed E-state index contributed by atoms with van der Waals surface area (Å²) in [4.78, 5) is 11.2. The molecule has 2 heteroatoms. The smallest absolute Gasteiger partial charge is 0.225 e. The number of rotatable bonds is 3. The van der Waals surface area contributed by atoms with E-state index in [1.165, 1.54) is 0 Å². The minimum absolute atomic E-state index is 0.0744. The van der Waals surface area contributed by atoms with Crippen LogP contribution in [-0.4, -0.2) is 5.91 Å². The Morgan fingerprint density at radius 1 is 1.46 bits per heavy atom. The van der Waals surface area contributed by atoms with E-state index in [0.29, 0.717) is 5.92 Å². The average molecular weight is 174 g/mol. The van der Waals surface area contributed by atoms with Crippen molar-refractivity contribution in [3.8, 4) is 0 Å². The van der Waals surface area contributed by atoms with Crippen molar-refractivity contribution in [3.63, 3.8) is 0 Å². The SMILES string of the molecule is NC(=O)C(c1cc[c]cc1)C1CC1. The Bertz CT molecular complexity index is 303. The molecule has 0 spiro atoms. The van der Waals surface area contributed by atoms with Crippen molar-refractivity contribution in [2.75, 3.05) is 0 Å². The first-order valence-corrected chi connectivity index (χ1v) is 4.54. The van der Waals surface area contributed by atoms with E-state index >= 15 is 0 Å². The molecule has 1 amide bonds. The molecule has 2 nitrogen and oxygen atoms in total. The quantitative estimate of drug-likeness (QED) is 0.740. The third-order valence-electron chi connectivity index (χ3n) is 2.50. The van der Waals surface area contributed by atoms with Crippen LogP contribution in [0.25, 0.3) is 0 Å². The van der Waals surface area contributed by atoms with Crippen LogP contribution < -0.4 is 5.73 Å². The van der Waals surface area contributed by atoms with E-state index in [-0.39, 0.29) is 11.8 Å². The summed E-state index contributed by atoms with van der Waals surface area (Å²) in [7, 11) is 0. The Balaban J connectivity index is 2.25. The van der Waals surface area contributed by atoms with E-state index in [1.54, 1.807) is 0 Å². The standard InChI is InChI=1S/C11H12NO/c12-11(13)10(9-6-7-9)8-4-2-1-3-5-8/h2-5,9-10H,6-7H2,(H2,12,13). The van der Waals surface area contributed by atoms with Gasteiger partial charge < -0.3 is 5.73 Å². The van der Waals surface area contributed by atoms with Crippen LogP contribution in [0.4, 0.5) is 0 Å². The zero-order chi connectivity index (χ0) is 9.26. The van der Waals surface area contributed by atoms with Gasteiger partial charge in [-0.2, -0.15) is 0 Å². The van der Waals surface area contributed by atoms with E-state index in [9.17, 15) is 4.79 Å². The van der Waals surface area contributed by atoms with Crippen LogP contribution in [0.2, 0.25) is 0 Å². The summed E-state index contributed by atoms with van der Waals surface area (Å²) < 4.78 is 0. The summed E-state index contributed by atoms with van der Waals surface area (Å²) >= 11 is 0. The molecule has 0 aliphatic heterocycles. The highest BCUT2D eigenvalue weighted by molar-refractivity contribution is 5.82. The zero-order valence-corrected chi connectivity index (χ0v) is 7.36. The first-order valence-electron chi connectivity index (χ1n) is 4.54. The highest BCUT2D eigenvalue weighted by atomic mass is 16.1. The summed E-state index contributed by atoms with van der Waals surface area (Å²) in [6.45, 7) is 0. The van der Waals surface area contributed by atoms with Crippen LogP contribution in [-0.2, 0) is 4.79 Å². The molecule has 1 saturated carbocycles. The first-order chi connectivity index (χ1) is 6.29. The number of amides is 1. The van der Waals surface area contributed by atoms with Crippen molar-refractivity contribution in [1.29, 1.82) is 0 Å². The maximum atomic E-state index is 11.2. The second-order valence-corrected chi connectivity index (χ2v) is 3.55. The van der Waals surface area contributed by atoms with Crippen LogP contribution in [0.1, 0.15) is 24.3 Å². The molecule has 0 heterocycles. The summed E-state index contributed by atoms with van der Waals surface area (Å²) in [5, 5.41) is 0. The number of nitrogens with two attached hydrogens (primary N) is 1. The van der Waals surface area contributed by atoms with Crippen LogP contribution in [0.5, 0.6) is 0 Å². The lowest BCUT2D eigenvalue weighted by Gasteiger charge is -2.11. The van der Waals surface area contributed by atoms with Gasteiger partial charge >= 0.3 is 0 Å². The highest BCUT2D eigenvalue weighted by Gasteiger charge is 2.35. The summed E-state index contributed by atoms with van der Waals surface area (Å²) in [5.74, 6) is 0.211. The Morgan fingerprint density at radius 2 is 2.08 bits per heavy atom. The summed E-state index contributed by atoms with van der Waals surface area (Å²) in [6, 6.07) is 10.4. The van der Waals surface area contributed by atoms with E-state index in [2.05, 4.69) is 6.07 Å². The van der Waals surface area contributed by atoms with Gasteiger partial charge in [-0.3, -0.25) is 4.79 Å². The highest BCUT2D eigenvalue weighted by Crippen LogP contribution is 2.42. The molecule has 0 bridgehead atoms. The molecule has 1 fully saturated rings. The Morgan fingerprint density at radius 3 is 2.54 bits per heavy atom. The van der Waals surface area contributed by atoms with Crippen molar-refractivity contribution >= 4 is 5.91 Å². The van der Waals surface area contributed by atoms with E-state index < -0.39 is 0 Å². The van der Waals surface area contributed by atoms with Gasteiger partial charge in [-0.05, 0) is 30.4 Å². The van der Waals surface area contributed by atoms with Gasteiger partial charge in [0, 0.05) is 0 Å². The first kappa shape index (κ1) is 8.30. The molecule has 1 radical (unpaired) electrons. The topological polar surface area (TPSA) is 43.1 Å². The molecule has 67 valence electrons. The predicted molar refractivity (Wildman–Crippen MR) is 49.9 cm³/mol. The average Bonchev–Trinajstić information content (AvgIpc) is 2.90. The van der Waals surface area contributed by atoms with Gasteiger partial charge in [-0.25, -0.2) is 0 Å². The fraction of sp³-hybridized carbons (Fsp3) is 0.364. The molecule has 0 aromatic heterocycles. The number of benzene rings is 1. The lowest BCUT2D eigenvalue weighted by atomic mass is 9.94. The molecule has 1 aromatic rings. The third kappa shape index (κ3) is 1.72. The van der Waals surface area contributed by atoms with E-state index in [1.807, 2.05) is 24.3 Å². The fourth-order valence-electron chi connectivity index (χ4n) is 1.71. The van der Waals surface area contributed by atoms with Gasteiger partial charge in [0.05, 0.1) is 5.92 Å². The molecule has 1 aliphatic carbocycles. The van der Waals surface area contributed by atoms with Gasteiger partial charge in [-0.1, -0.05) is 24.3 Å². The molecular weight excluding hydrogens is 162 g/mol. The predicted octanol–water partition coefficient (Wildman–Crippen LogP) is 1.47.